The highest BCUT2D eigenvalue weighted by atomic mass is 32.1. The highest BCUT2D eigenvalue weighted by molar-refractivity contribution is 7.09. The van der Waals surface area contributed by atoms with E-state index < -0.39 is 0 Å². The van der Waals surface area contributed by atoms with E-state index in [1.165, 1.54) is 0 Å². The zero-order chi connectivity index (χ0) is 16.4. The van der Waals surface area contributed by atoms with Gasteiger partial charge in [0.25, 0.3) is 11.5 Å². The van der Waals surface area contributed by atoms with Crippen molar-refractivity contribution in [3.63, 3.8) is 0 Å². The third-order valence-corrected chi connectivity index (χ3v) is 5.26. The van der Waals surface area contributed by atoms with Crippen molar-refractivity contribution in [2.75, 3.05) is 13.1 Å². The maximum Gasteiger partial charge on any atom is 0.260 e. The normalized spacial score (nSPS) is 18.4. The number of hydrogen-bond donors (Lipinski definition) is 1. The molecule has 0 spiro atoms. The predicted molar refractivity (Wildman–Crippen MR) is 91.1 cm³/mol. The second-order valence-electron chi connectivity index (χ2n) is 6.27. The fourth-order valence-electron chi connectivity index (χ4n) is 2.88. The van der Waals surface area contributed by atoms with Crippen LogP contribution in [0.5, 0.6) is 0 Å². The van der Waals surface area contributed by atoms with E-state index in [1.807, 2.05) is 0 Å². The van der Waals surface area contributed by atoms with Gasteiger partial charge >= 0.3 is 0 Å². The summed E-state index contributed by atoms with van der Waals surface area (Å²) >= 11 is 1.68. The summed E-state index contributed by atoms with van der Waals surface area (Å²) in [6.45, 7) is 5.61. The van der Waals surface area contributed by atoms with Gasteiger partial charge in [0.1, 0.15) is 5.56 Å². The SMILES string of the molecule is CC(C)c1csc(C2CCCN(C(=O)c3ccc[nH]c3=O)C2)n1. The van der Waals surface area contributed by atoms with Crippen molar-refractivity contribution in [2.45, 2.75) is 38.5 Å². The van der Waals surface area contributed by atoms with Crippen molar-refractivity contribution in [1.82, 2.24) is 14.9 Å². The van der Waals surface area contributed by atoms with Crippen LogP contribution in [0.3, 0.4) is 0 Å². The second-order valence-corrected chi connectivity index (χ2v) is 7.16. The minimum Gasteiger partial charge on any atom is -0.338 e. The van der Waals surface area contributed by atoms with Crippen molar-refractivity contribution in [3.05, 3.63) is 50.3 Å². The summed E-state index contributed by atoms with van der Waals surface area (Å²) in [4.78, 5) is 33.5. The molecular formula is C17H21N3O2S. The number of rotatable bonds is 3. The molecule has 1 aliphatic rings. The van der Waals surface area contributed by atoms with Crippen molar-refractivity contribution < 1.29 is 4.79 Å². The summed E-state index contributed by atoms with van der Waals surface area (Å²) in [6, 6.07) is 3.27. The molecule has 1 unspecified atom stereocenters. The molecule has 3 heterocycles. The summed E-state index contributed by atoms with van der Waals surface area (Å²) in [5, 5.41) is 3.22. The van der Waals surface area contributed by atoms with Gasteiger partial charge in [0.2, 0.25) is 0 Å². The van der Waals surface area contributed by atoms with E-state index in [-0.39, 0.29) is 22.9 Å². The van der Waals surface area contributed by atoms with Crippen LogP contribution in [0, 0.1) is 0 Å². The van der Waals surface area contributed by atoms with E-state index in [0.717, 1.165) is 23.5 Å². The van der Waals surface area contributed by atoms with Crippen LogP contribution in [-0.4, -0.2) is 33.9 Å². The fourth-order valence-corrected chi connectivity index (χ4v) is 3.99. The van der Waals surface area contributed by atoms with E-state index in [0.29, 0.717) is 19.0 Å². The van der Waals surface area contributed by atoms with E-state index in [1.54, 1.807) is 34.6 Å². The molecule has 122 valence electrons. The van der Waals surface area contributed by atoms with E-state index >= 15 is 0 Å². The number of pyridine rings is 1. The smallest absolute Gasteiger partial charge is 0.260 e. The summed E-state index contributed by atoms with van der Waals surface area (Å²) in [5.41, 5.74) is 1.01. The number of aromatic nitrogens is 2. The van der Waals surface area contributed by atoms with Gasteiger partial charge in [-0.15, -0.1) is 11.3 Å². The molecule has 2 aromatic rings. The molecule has 6 heteroatoms. The first-order valence-corrected chi connectivity index (χ1v) is 8.86. The quantitative estimate of drug-likeness (QED) is 0.940. The van der Waals surface area contributed by atoms with Crippen LogP contribution in [0.25, 0.3) is 0 Å². The highest BCUT2D eigenvalue weighted by Crippen LogP contribution is 2.31. The molecule has 1 fully saturated rings. The molecule has 1 aliphatic heterocycles. The average molecular weight is 331 g/mol. The molecular weight excluding hydrogens is 310 g/mol. The molecule has 1 saturated heterocycles. The Bertz CT molecular complexity index is 750. The zero-order valence-electron chi connectivity index (χ0n) is 13.4. The molecule has 0 aliphatic carbocycles. The Morgan fingerprint density at radius 3 is 3.00 bits per heavy atom. The van der Waals surface area contributed by atoms with E-state index in [2.05, 4.69) is 24.2 Å². The lowest BCUT2D eigenvalue weighted by molar-refractivity contribution is 0.0705. The first kappa shape index (κ1) is 15.9. The molecule has 3 rings (SSSR count). The van der Waals surface area contributed by atoms with Crippen molar-refractivity contribution in [2.24, 2.45) is 0 Å². The number of likely N-dealkylation sites (tertiary alicyclic amines) is 1. The molecule has 2 aromatic heterocycles. The maximum absolute atomic E-state index is 12.6. The minimum absolute atomic E-state index is 0.183. The zero-order valence-corrected chi connectivity index (χ0v) is 14.2. The number of piperidine rings is 1. The van der Waals surface area contributed by atoms with Gasteiger partial charge in [-0.05, 0) is 30.9 Å². The van der Waals surface area contributed by atoms with Crippen LogP contribution >= 0.6 is 11.3 Å². The molecule has 23 heavy (non-hydrogen) atoms. The lowest BCUT2D eigenvalue weighted by Crippen LogP contribution is -2.41. The monoisotopic (exact) mass is 331 g/mol. The van der Waals surface area contributed by atoms with Crippen molar-refractivity contribution >= 4 is 17.2 Å². The van der Waals surface area contributed by atoms with Crippen LogP contribution < -0.4 is 5.56 Å². The van der Waals surface area contributed by atoms with Gasteiger partial charge in [0.15, 0.2) is 0 Å². The summed E-state index contributed by atoms with van der Waals surface area (Å²) < 4.78 is 0. The Hall–Kier alpha value is -1.95. The lowest BCUT2D eigenvalue weighted by Gasteiger charge is -2.31. The Labute approximate surface area is 139 Å². The van der Waals surface area contributed by atoms with Crippen molar-refractivity contribution in [1.29, 1.82) is 0 Å². The third kappa shape index (κ3) is 3.37. The molecule has 0 aromatic carbocycles. The van der Waals surface area contributed by atoms with Crippen LogP contribution in [0.1, 0.15) is 59.6 Å². The van der Waals surface area contributed by atoms with Gasteiger partial charge < -0.3 is 9.88 Å². The number of nitrogens with one attached hydrogen (secondary N) is 1. The molecule has 1 amide bonds. The van der Waals surface area contributed by atoms with Gasteiger partial charge in [0, 0.05) is 30.6 Å². The second kappa shape index (κ2) is 6.66. The largest absolute Gasteiger partial charge is 0.338 e. The molecule has 0 saturated carbocycles. The number of thiazole rings is 1. The number of amides is 1. The van der Waals surface area contributed by atoms with Gasteiger partial charge in [-0.1, -0.05) is 13.8 Å². The molecule has 5 nitrogen and oxygen atoms in total. The van der Waals surface area contributed by atoms with Gasteiger partial charge in [-0.2, -0.15) is 0 Å². The minimum atomic E-state index is -0.323. The fraction of sp³-hybridized carbons (Fsp3) is 0.471. The standard InChI is InChI=1S/C17H21N3O2S/c1-11(2)14-10-23-16(19-14)12-5-4-8-20(9-12)17(22)13-6-3-7-18-15(13)21/h3,6-7,10-12H,4-5,8-9H2,1-2H3,(H,18,21). The molecule has 1 N–H and O–H groups in total. The topological polar surface area (TPSA) is 66.1 Å². The average Bonchev–Trinajstić information content (AvgIpc) is 3.05. The number of hydrogen-bond acceptors (Lipinski definition) is 4. The molecule has 0 bridgehead atoms. The Balaban J connectivity index is 1.76. The Morgan fingerprint density at radius 2 is 2.30 bits per heavy atom. The Morgan fingerprint density at radius 1 is 1.48 bits per heavy atom. The van der Waals surface area contributed by atoms with Gasteiger partial charge in [-0.3, -0.25) is 9.59 Å². The number of carbonyl (C=O) groups is 1. The maximum atomic E-state index is 12.6. The first-order chi connectivity index (χ1) is 11.1. The van der Waals surface area contributed by atoms with Crippen molar-refractivity contribution in [3.8, 4) is 0 Å². The number of aromatic amines is 1. The summed E-state index contributed by atoms with van der Waals surface area (Å²) in [7, 11) is 0. The van der Waals surface area contributed by atoms with Gasteiger partial charge in [0.05, 0.1) is 10.7 Å². The van der Waals surface area contributed by atoms with Crippen LogP contribution in [0.15, 0.2) is 28.5 Å². The number of carbonyl (C=O) groups excluding carboxylic acids is 1. The number of nitrogens with zero attached hydrogens (tertiary/aromatic N) is 2. The van der Waals surface area contributed by atoms with E-state index in [4.69, 9.17) is 4.98 Å². The molecule has 0 radical (unpaired) electrons. The summed E-state index contributed by atoms with van der Waals surface area (Å²) in [5.74, 6) is 0.509. The first-order valence-electron chi connectivity index (χ1n) is 7.98. The predicted octanol–water partition coefficient (Wildman–Crippen LogP) is 2.97. The third-order valence-electron chi connectivity index (χ3n) is 4.24. The lowest BCUT2D eigenvalue weighted by atomic mass is 9.98. The van der Waals surface area contributed by atoms with Gasteiger partial charge in [-0.25, -0.2) is 4.98 Å². The van der Waals surface area contributed by atoms with Crippen LogP contribution in [0.4, 0.5) is 0 Å². The molecule has 1 atom stereocenters. The summed E-state index contributed by atoms with van der Waals surface area (Å²) in [6.07, 6.45) is 3.53. The van der Waals surface area contributed by atoms with E-state index in [9.17, 15) is 9.59 Å². The van der Waals surface area contributed by atoms with Crippen LogP contribution in [-0.2, 0) is 0 Å². The highest BCUT2D eigenvalue weighted by Gasteiger charge is 2.28. The van der Waals surface area contributed by atoms with Crippen LogP contribution in [0.2, 0.25) is 0 Å². The Kier molecular flexibility index (Phi) is 4.61. The number of H-pyrrole nitrogens is 1.